The van der Waals surface area contributed by atoms with Crippen LogP contribution in [0.5, 0.6) is 5.88 Å². The summed E-state index contributed by atoms with van der Waals surface area (Å²) in [6.45, 7) is 7.10. The summed E-state index contributed by atoms with van der Waals surface area (Å²) >= 11 is 1.46. The molecular formula is C14H26BN2O3S. The number of pyridine rings is 1. The highest BCUT2D eigenvalue weighted by molar-refractivity contribution is 7.99. The van der Waals surface area contributed by atoms with E-state index in [-0.39, 0.29) is 7.43 Å². The van der Waals surface area contributed by atoms with E-state index < -0.39 is 11.2 Å². The van der Waals surface area contributed by atoms with Crippen LogP contribution in [0.15, 0.2) is 12.3 Å². The van der Waals surface area contributed by atoms with Gasteiger partial charge in [-0.05, 0) is 39.2 Å². The average molecular weight is 313 g/mol. The van der Waals surface area contributed by atoms with Crippen molar-refractivity contribution in [3.63, 3.8) is 0 Å². The van der Waals surface area contributed by atoms with Gasteiger partial charge in [-0.3, -0.25) is 0 Å². The number of hydrogen-bond acceptors (Lipinski definition) is 6. The minimum atomic E-state index is -0.955. The predicted octanol–water partition coefficient (Wildman–Crippen LogP) is 2.23. The standard InChI is InChI=1S/C13H22BN2O3S.CH4/c1-12(2,17)13(3,4)19-14-9-7-10(16-20-6)11(18-5)15-8-9;/h7-8,16-17H,1-6H3;1H4. The van der Waals surface area contributed by atoms with Crippen molar-refractivity contribution >= 4 is 30.6 Å². The normalized spacial score (nSPS) is 11.6. The molecule has 0 aliphatic heterocycles. The van der Waals surface area contributed by atoms with Gasteiger partial charge in [-0.1, -0.05) is 19.4 Å². The Kier molecular flexibility index (Phi) is 7.57. The van der Waals surface area contributed by atoms with E-state index in [0.717, 1.165) is 11.2 Å². The number of nitrogens with one attached hydrogen (secondary N) is 1. The fraction of sp³-hybridized carbons (Fsp3) is 0.643. The summed E-state index contributed by atoms with van der Waals surface area (Å²) in [6, 6.07) is 1.88. The molecule has 0 saturated carbocycles. The molecule has 0 unspecified atom stereocenters. The molecule has 0 fully saturated rings. The number of aliphatic hydroxyl groups is 1. The van der Waals surface area contributed by atoms with Crippen LogP contribution in [-0.2, 0) is 4.65 Å². The van der Waals surface area contributed by atoms with Crippen LogP contribution in [0.1, 0.15) is 35.1 Å². The fourth-order valence-corrected chi connectivity index (χ4v) is 1.60. The van der Waals surface area contributed by atoms with Gasteiger partial charge < -0.3 is 19.2 Å². The minimum absolute atomic E-state index is 0. The Morgan fingerprint density at radius 3 is 2.43 bits per heavy atom. The highest BCUT2D eigenvalue weighted by Crippen LogP contribution is 2.25. The molecule has 0 bridgehead atoms. The predicted molar refractivity (Wildman–Crippen MR) is 91.5 cm³/mol. The van der Waals surface area contributed by atoms with E-state index in [2.05, 4.69) is 9.71 Å². The number of methoxy groups -OCH3 is 1. The number of nitrogens with zero attached hydrogens (tertiary/aromatic N) is 1. The zero-order valence-electron chi connectivity index (χ0n) is 12.9. The second-order valence-electron chi connectivity index (χ2n) is 5.44. The monoisotopic (exact) mass is 313 g/mol. The van der Waals surface area contributed by atoms with Gasteiger partial charge in [-0.25, -0.2) is 4.98 Å². The molecule has 5 nitrogen and oxygen atoms in total. The van der Waals surface area contributed by atoms with Gasteiger partial charge in [-0.2, -0.15) is 0 Å². The Bertz CT molecular complexity index is 450. The second kappa shape index (κ2) is 7.91. The molecule has 1 aromatic heterocycles. The maximum atomic E-state index is 10.0. The first kappa shape index (κ1) is 20.1. The van der Waals surface area contributed by atoms with Crippen LogP contribution >= 0.6 is 11.9 Å². The van der Waals surface area contributed by atoms with Gasteiger partial charge in [-0.15, -0.1) is 0 Å². The Labute approximate surface area is 133 Å². The largest absolute Gasteiger partial charge is 0.480 e. The highest BCUT2D eigenvalue weighted by atomic mass is 32.2. The summed E-state index contributed by atoms with van der Waals surface area (Å²) < 4.78 is 14.0. The fourth-order valence-electron chi connectivity index (χ4n) is 1.24. The lowest BCUT2D eigenvalue weighted by Gasteiger charge is -2.37. The maximum Gasteiger partial charge on any atom is 0.332 e. The van der Waals surface area contributed by atoms with Crippen molar-refractivity contribution in [3.8, 4) is 5.88 Å². The van der Waals surface area contributed by atoms with Crippen LogP contribution in [0, 0.1) is 0 Å². The summed E-state index contributed by atoms with van der Waals surface area (Å²) in [4.78, 5) is 4.21. The van der Waals surface area contributed by atoms with Crippen LogP contribution in [0.25, 0.3) is 0 Å². The van der Waals surface area contributed by atoms with Gasteiger partial charge in [0.2, 0.25) is 5.88 Å². The molecule has 7 heteroatoms. The van der Waals surface area contributed by atoms with E-state index in [1.54, 1.807) is 34.6 Å². The van der Waals surface area contributed by atoms with Crippen LogP contribution in [0.2, 0.25) is 0 Å². The molecule has 0 aliphatic rings. The Morgan fingerprint density at radius 1 is 1.33 bits per heavy atom. The van der Waals surface area contributed by atoms with E-state index in [0.29, 0.717) is 5.88 Å². The molecule has 0 saturated heterocycles. The van der Waals surface area contributed by atoms with Crippen molar-refractivity contribution in [2.45, 2.75) is 46.3 Å². The third-order valence-electron chi connectivity index (χ3n) is 3.24. The molecule has 21 heavy (non-hydrogen) atoms. The van der Waals surface area contributed by atoms with Crippen molar-refractivity contribution in [2.24, 2.45) is 0 Å². The van der Waals surface area contributed by atoms with Crippen LogP contribution in [-0.4, -0.2) is 42.1 Å². The maximum absolute atomic E-state index is 10.0. The smallest absolute Gasteiger partial charge is 0.332 e. The third kappa shape index (κ3) is 5.41. The molecule has 1 heterocycles. The van der Waals surface area contributed by atoms with E-state index in [1.807, 2.05) is 26.2 Å². The van der Waals surface area contributed by atoms with Gasteiger partial charge >= 0.3 is 7.48 Å². The molecule has 1 radical (unpaired) electrons. The van der Waals surface area contributed by atoms with E-state index in [1.165, 1.54) is 11.9 Å². The molecular weight excluding hydrogens is 287 g/mol. The molecule has 2 N–H and O–H groups in total. The number of rotatable bonds is 7. The number of aromatic nitrogens is 1. The Morgan fingerprint density at radius 2 is 1.95 bits per heavy atom. The van der Waals surface area contributed by atoms with Gasteiger partial charge in [0.05, 0.1) is 18.3 Å². The lowest BCUT2D eigenvalue weighted by Crippen LogP contribution is -2.49. The summed E-state index contributed by atoms with van der Waals surface area (Å²) in [6.07, 6.45) is 3.58. The first-order chi connectivity index (χ1) is 9.21. The Balaban J connectivity index is 0.00000400. The topological polar surface area (TPSA) is 63.6 Å². The average Bonchev–Trinajstić information content (AvgIpc) is 2.36. The zero-order valence-corrected chi connectivity index (χ0v) is 13.7. The van der Waals surface area contributed by atoms with Gasteiger partial charge in [0.1, 0.15) is 5.69 Å². The molecule has 1 rings (SSSR count). The van der Waals surface area contributed by atoms with Crippen LogP contribution in [0.3, 0.4) is 0 Å². The summed E-state index contributed by atoms with van der Waals surface area (Å²) in [5.74, 6) is 0.526. The van der Waals surface area contributed by atoms with E-state index in [9.17, 15) is 5.11 Å². The van der Waals surface area contributed by atoms with Crippen molar-refractivity contribution in [3.05, 3.63) is 12.3 Å². The molecule has 119 valence electrons. The summed E-state index contributed by atoms with van der Waals surface area (Å²) in [5.41, 5.74) is -0.0952. The van der Waals surface area contributed by atoms with Crippen LogP contribution in [0.4, 0.5) is 5.69 Å². The zero-order chi connectivity index (χ0) is 15.4. The molecule has 0 aromatic carbocycles. The van der Waals surface area contributed by atoms with Gasteiger partial charge in [0, 0.05) is 12.5 Å². The quantitative estimate of drug-likeness (QED) is 0.594. The summed E-state index contributed by atoms with van der Waals surface area (Å²) in [5, 5.41) is 10.0. The minimum Gasteiger partial charge on any atom is -0.480 e. The third-order valence-corrected chi connectivity index (χ3v) is 3.66. The number of anilines is 1. The first-order valence-electron chi connectivity index (χ1n) is 6.27. The SMILES string of the molecule is C.COc1ncc([B]OC(C)(C)C(C)(C)O)cc1NSC. The molecule has 0 amide bonds. The second-order valence-corrected chi connectivity index (χ2v) is 6.05. The van der Waals surface area contributed by atoms with E-state index >= 15 is 0 Å². The highest BCUT2D eigenvalue weighted by Gasteiger charge is 2.35. The number of ether oxygens (including phenoxy) is 1. The van der Waals surface area contributed by atoms with Gasteiger partial charge in [0.25, 0.3) is 0 Å². The van der Waals surface area contributed by atoms with E-state index in [4.69, 9.17) is 9.39 Å². The molecule has 1 aromatic rings. The summed E-state index contributed by atoms with van der Waals surface area (Å²) in [7, 11) is 3.17. The van der Waals surface area contributed by atoms with Crippen LogP contribution < -0.4 is 14.9 Å². The van der Waals surface area contributed by atoms with Crippen molar-refractivity contribution in [2.75, 3.05) is 18.1 Å². The lowest BCUT2D eigenvalue weighted by atomic mass is 9.83. The van der Waals surface area contributed by atoms with Crippen molar-refractivity contribution in [1.82, 2.24) is 4.98 Å². The molecule has 0 atom stereocenters. The molecule has 0 aliphatic carbocycles. The van der Waals surface area contributed by atoms with Crippen molar-refractivity contribution in [1.29, 1.82) is 0 Å². The first-order valence-corrected chi connectivity index (χ1v) is 7.50. The van der Waals surface area contributed by atoms with Gasteiger partial charge in [0.15, 0.2) is 0 Å². The molecule has 0 spiro atoms. The Hall–Kier alpha value is -0.915. The number of hydrogen-bond donors (Lipinski definition) is 2. The lowest BCUT2D eigenvalue weighted by molar-refractivity contribution is -0.0893. The van der Waals surface area contributed by atoms with Crippen molar-refractivity contribution < 1.29 is 14.5 Å².